The molecule has 1 nitrogen and oxygen atoms in total. The maximum absolute atomic E-state index is 13.6. The molecule has 1 N–H and O–H groups in total. The fourth-order valence-corrected chi connectivity index (χ4v) is 3.06. The monoisotopic (exact) mass is 426 g/mol. The van der Waals surface area contributed by atoms with Gasteiger partial charge >= 0.3 is 37.9 Å². The average Bonchev–Trinajstić information content (AvgIpc) is 2.39. The van der Waals surface area contributed by atoms with E-state index in [1.54, 1.807) is 6.92 Å². The van der Waals surface area contributed by atoms with E-state index in [1.807, 2.05) is 19.1 Å². The molecule has 0 saturated carbocycles. The summed E-state index contributed by atoms with van der Waals surface area (Å²) < 4.78 is 26.4. The number of hydrogen-bond donors (Lipinski definition) is 1. The van der Waals surface area contributed by atoms with Crippen LogP contribution < -0.4 is 10.6 Å². The summed E-state index contributed by atoms with van der Waals surface area (Å²) in [4.78, 5) is 0. The Bertz CT molecular complexity index is 626. The molecule has 0 bridgehead atoms. The summed E-state index contributed by atoms with van der Waals surface area (Å²) >= 11 is -0.826. The number of benzene rings is 2. The second-order valence-electron chi connectivity index (χ2n) is 4.30. The van der Waals surface area contributed by atoms with Gasteiger partial charge in [-0.2, -0.15) is 0 Å². The van der Waals surface area contributed by atoms with Crippen LogP contribution in [0, 0.1) is 25.5 Å². The maximum atomic E-state index is 13.6. The SMILES string of the molecule is Cc1cc(C)c(O)c(Pc2ccc(F)cc2F)c1.[Cl][Zr][Cl]. The number of halogens is 4. The van der Waals surface area contributed by atoms with Crippen LogP contribution in [0.1, 0.15) is 11.1 Å². The molecular weight excluding hydrogens is 415 g/mol. The standard InChI is InChI=1S/C14H13F2OP.2ClH.Zr/c1-8-5-9(2)14(17)13(6-8)18-12-4-3-10(15)7-11(12)16;;;/h3-7,17-18H,1-2H3;2*1H;/q;;;+2/p-2. The van der Waals surface area contributed by atoms with E-state index < -0.39 is 32.5 Å². The van der Waals surface area contributed by atoms with Gasteiger partial charge < -0.3 is 5.11 Å². The van der Waals surface area contributed by atoms with Crippen molar-refractivity contribution in [2.45, 2.75) is 13.8 Å². The molecule has 0 fully saturated rings. The summed E-state index contributed by atoms with van der Waals surface area (Å²) in [5, 5.41) is 11.0. The number of phenols is 1. The van der Waals surface area contributed by atoms with Gasteiger partial charge in [0.15, 0.2) is 0 Å². The Morgan fingerprint density at radius 3 is 2.24 bits per heavy atom. The third-order valence-electron chi connectivity index (χ3n) is 2.65. The van der Waals surface area contributed by atoms with Crippen molar-refractivity contribution < 1.29 is 34.7 Å². The molecule has 0 spiro atoms. The van der Waals surface area contributed by atoms with E-state index in [1.165, 1.54) is 12.1 Å². The first-order chi connectivity index (χ1) is 9.88. The first-order valence-corrected chi connectivity index (χ1v) is 13.2. The van der Waals surface area contributed by atoms with Gasteiger partial charge in [-0.25, -0.2) is 8.78 Å². The van der Waals surface area contributed by atoms with Gasteiger partial charge in [-0.05, 0) is 43.2 Å². The number of aryl methyl sites for hydroxylation is 2. The van der Waals surface area contributed by atoms with E-state index in [-0.39, 0.29) is 14.3 Å². The van der Waals surface area contributed by atoms with Gasteiger partial charge in [-0.15, -0.1) is 0 Å². The van der Waals surface area contributed by atoms with E-state index in [0.717, 1.165) is 17.2 Å². The molecule has 0 aliphatic carbocycles. The fraction of sp³-hybridized carbons (Fsp3) is 0.143. The van der Waals surface area contributed by atoms with E-state index in [0.29, 0.717) is 10.6 Å². The molecule has 0 radical (unpaired) electrons. The van der Waals surface area contributed by atoms with Gasteiger partial charge in [0.1, 0.15) is 17.4 Å². The molecule has 2 aromatic carbocycles. The Morgan fingerprint density at radius 2 is 1.67 bits per heavy atom. The Kier molecular flexibility index (Phi) is 8.35. The molecule has 1 atom stereocenters. The van der Waals surface area contributed by atoms with Crippen LogP contribution in [0.15, 0.2) is 30.3 Å². The van der Waals surface area contributed by atoms with E-state index in [9.17, 15) is 13.9 Å². The second-order valence-corrected chi connectivity index (χ2v) is 9.36. The Morgan fingerprint density at radius 1 is 1.05 bits per heavy atom. The molecule has 0 aliphatic rings. The van der Waals surface area contributed by atoms with Crippen molar-refractivity contribution >= 4 is 36.2 Å². The Balaban J connectivity index is 0.000000677. The van der Waals surface area contributed by atoms with Gasteiger partial charge in [-0.3, -0.25) is 0 Å². The van der Waals surface area contributed by atoms with E-state index >= 15 is 0 Å². The number of phenolic OH excluding ortho intramolecular Hbond substituents is 1. The van der Waals surface area contributed by atoms with Crippen LogP contribution >= 0.6 is 25.6 Å². The minimum absolute atomic E-state index is 0.0281. The first kappa shape index (κ1) is 19.0. The summed E-state index contributed by atoms with van der Waals surface area (Å²) in [6.07, 6.45) is 0. The quantitative estimate of drug-likeness (QED) is 0.708. The molecule has 7 heteroatoms. The molecule has 2 aromatic rings. The molecular formula is C14H13Cl2F2OPZr. The van der Waals surface area contributed by atoms with Crippen molar-refractivity contribution in [3.63, 3.8) is 0 Å². The minimum atomic E-state index is -0.826. The Labute approximate surface area is 143 Å². The van der Waals surface area contributed by atoms with Crippen LogP contribution in [0.4, 0.5) is 8.78 Å². The zero-order valence-electron chi connectivity index (χ0n) is 11.3. The van der Waals surface area contributed by atoms with Crippen molar-refractivity contribution in [3.8, 4) is 5.75 Å². The van der Waals surface area contributed by atoms with Gasteiger partial charge in [0.05, 0.1) is 0 Å². The van der Waals surface area contributed by atoms with Crippen LogP contribution in [0.5, 0.6) is 5.75 Å². The Hall–Kier alpha value is -0.00688. The number of aromatic hydroxyl groups is 1. The van der Waals surface area contributed by atoms with Crippen LogP contribution in [-0.4, -0.2) is 5.11 Å². The number of rotatable bonds is 2. The van der Waals surface area contributed by atoms with Crippen molar-refractivity contribution in [2.24, 2.45) is 0 Å². The van der Waals surface area contributed by atoms with Crippen LogP contribution in [0.25, 0.3) is 0 Å². The van der Waals surface area contributed by atoms with Crippen molar-refractivity contribution in [1.29, 1.82) is 0 Å². The molecule has 112 valence electrons. The summed E-state index contributed by atoms with van der Waals surface area (Å²) in [7, 11) is 9.84. The first-order valence-electron chi connectivity index (χ1n) is 5.87. The molecule has 0 aromatic heterocycles. The summed E-state index contributed by atoms with van der Waals surface area (Å²) in [5.74, 6) is -0.986. The molecule has 21 heavy (non-hydrogen) atoms. The topological polar surface area (TPSA) is 20.2 Å². The third kappa shape index (κ3) is 5.95. The van der Waals surface area contributed by atoms with Gasteiger partial charge in [0, 0.05) is 16.7 Å². The number of hydrogen-bond acceptors (Lipinski definition) is 1. The van der Waals surface area contributed by atoms with Crippen LogP contribution in [-0.2, 0) is 20.8 Å². The second kappa shape index (κ2) is 9.20. The molecule has 0 aliphatic heterocycles. The molecule has 0 heterocycles. The van der Waals surface area contributed by atoms with E-state index in [4.69, 9.17) is 17.0 Å². The average molecular weight is 428 g/mol. The normalized spacial score (nSPS) is 10.4. The van der Waals surface area contributed by atoms with Crippen molar-refractivity contribution in [2.75, 3.05) is 0 Å². The third-order valence-corrected chi connectivity index (χ3v) is 3.97. The van der Waals surface area contributed by atoms with Crippen LogP contribution in [0.2, 0.25) is 0 Å². The zero-order valence-corrected chi connectivity index (χ0v) is 16.3. The molecule has 0 saturated heterocycles. The van der Waals surface area contributed by atoms with Crippen molar-refractivity contribution in [3.05, 3.63) is 53.1 Å². The molecule has 0 amide bonds. The van der Waals surface area contributed by atoms with Crippen molar-refractivity contribution in [1.82, 2.24) is 0 Å². The summed E-state index contributed by atoms with van der Waals surface area (Å²) in [6.45, 7) is 3.72. The van der Waals surface area contributed by atoms with Gasteiger partial charge in [-0.1, -0.05) is 14.6 Å². The molecule has 1 unspecified atom stereocenters. The summed E-state index contributed by atoms with van der Waals surface area (Å²) in [6, 6.07) is 7.20. The van der Waals surface area contributed by atoms with Gasteiger partial charge in [0.2, 0.25) is 0 Å². The van der Waals surface area contributed by atoms with Crippen LogP contribution in [0.3, 0.4) is 0 Å². The molecule has 2 rings (SSSR count). The zero-order chi connectivity index (χ0) is 16.0. The predicted octanol–water partition coefficient (Wildman–Crippen LogP) is 4.29. The van der Waals surface area contributed by atoms with Gasteiger partial charge in [0.25, 0.3) is 0 Å². The van der Waals surface area contributed by atoms with E-state index in [2.05, 4.69) is 0 Å². The summed E-state index contributed by atoms with van der Waals surface area (Å²) in [5.41, 5.74) is 1.77. The fourth-order valence-electron chi connectivity index (χ4n) is 1.79. The predicted molar refractivity (Wildman–Crippen MR) is 83.2 cm³/mol.